The van der Waals surface area contributed by atoms with Gasteiger partial charge in [0.25, 0.3) is 0 Å². The van der Waals surface area contributed by atoms with Gasteiger partial charge in [-0.25, -0.2) is 0 Å². The fourth-order valence-corrected chi connectivity index (χ4v) is 2.87. The van der Waals surface area contributed by atoms with Crippen LogP contribution in [-0.2, 0) is 0 Å². The Hall–Kier alpha value is -2.39. The number of nitrogens with zero attached hydrogens (tertiary/aromatic N) is 1. The second-order valence-corrected chi connectivity index (χ2v) is 5.71. The third kappa shape index (κ3) is 2.44. The van der Waals surface area contributed by atoms with Crippen LogP contribution in [0.5, 0.6) is 0 Å². The zero-order chi connectivity index (χ0) is 15.7. The van der Waals surface area contributed by atoms with Crippen molar-refractivity contribution in [2.45, 2.75) is 19.9 Å². The molecule has 3 nitrogen and oxygen atoms in total. The summed E-state index contributed by atoms with van der Waals surface area (Å²) in [4.78, 5) is 11.8. The Morgan fingerprint density at radius 3 is 2.45 bits per heavy atom. The largest absolute Gasteiger partial charge is 0.388 e. The Morgan fingerprint density at radius 2 is 1.82 bits per heavy atom. The van der Waals surface area contributed by atoms with Crippen LogP contribution in [0.3, 0.4) is 0 Å². The Morgan fingerprint density at radius 1 is 1.09 bits per heavy atom. The van der Waals surface area contributed by atoms with E-state index in [1.807, 2.05) is 30.3 Å². The second-order valence-electron chi connectivity index (χ2n) is 5.71. The van der Waals surface area contributed by atoms with E-state index in [0.29, 0.717) is 5.56 Å². The molecule has 3 heteroatoms. The Labute approximate surface area is 129 Å². The molecule has 112 valence electrons. The van der Waals surface area contributed by atoms with Crippen LogP contribution in [0.25, 0.3) is 22.2 Å². The molecule has 0 aliphatic heterocycles. The number of ketones is 1. The molecule has 0 fully saturated rings. The van der Waals surface area contributed by atoms with Crippen molar-refractivity contribution in [3.05, 3.63) is 60.2 Å². The molecule has 1 heterocycles. The zero-order valence-corrected chi connectivity index (χ0v) is 12.8. The zero-order valence-electron chi connectivity index (χ0n) is 12.8. The van der Waals surface area contributed by atoms with Gasteiger partial charge in [0.2, 0.25) is 0 Å². The Balaban J connectivity index is 2.26. The number of hydrogen-bond acceptors (Lipinski definition) is 2. The molecule has 0 spiro atoms. The van der Waals surface area contributed by atoms with Gasteiger partial charge >= 0.3 is 0 Å². The minimum absolute atomic E-state index is 0.250. The molecule has 0 radical (unpaired) electrons. The minimum atomic E-state index is -0.459. The van der Waals surface area contributed by atoms with E-state index >= 15 is 0 Å². The van der Waals surface area contributed by atoms with Gasteiger partial charge in [-0.1, -0.05) is 42.5 Å². The van der Waals surface area contributed by atoms with E-state index in [1.54, 1.807) is 6.07 Å². The lowest BCUT2D eigenvalue weighted by atomic mass is 10.1. The summed E-state index contributed by atoms with van der Waals surface area (Å²) in [6.07, 6.45) is 0. The average Bonchev–Trinajstić information content (AvgIpc) is 2.93. The number of carbonyl (C=O) groups excluding carboxylic acids is 1. The van der Waals surface area contributed by atoms with Gasteiger partial charge in [0, 0.05) is 28.2 Å². The number of aliphatic hydroxyl groups is 1. The third-order valence-electron chi connectivity index (χ3n) is 3.89. The molecule has 22 heavy (non-hydrogen) atoms. The highest BCUT2D eigenvalue weighted by Gasteiger charge is 2.14. The van der Waals surface area contributed by atoms with Crippen LogP contribution in [0.1, 0.15) is 30.2 Å². The first-order valence-electron chi connectivity index (χ1n) is 7.46. The SMILES string of the molecule is CC(C)n1c(-c2ccccc2)cc2ccc(C(=O)CO)cc21. The van der Waals surface area contributed by atoms with Crippen LogP contribution < -0.4 is 0 Å². The topological polar surface area (TPSA) is 42.2 Å². The predicted molar refractivity (Wildman–Crippen MR) is 89.2 cm³/mol. The fraction of sp³-hybridized carbons (Fsp3) is 0.211. The Bertz CT molecular complexity index is 816. The van der Waals surface area contributed by atoms with Crippen LogP contribution >= 0.6 is 0 Å². The molecule has 0 unspecified atom stereocenters. The predicted octanol–water partition coefficient (Wildman–Crippen LogP) is 4.06. The van der Waals surface area contributed by atoms with Gasteiger partial charge in [0.1, 0.15) is 6.61 Å². The van der Waals surface area contributed by atoms with Gasteiger partial charge in [-0.2, -0.15) is 0 Å². The lowest BCUT2D eigenvalue weighted by Crippen LogP contribution is -2.06. The normalized spacial score (nSPS) is 11.3. The van der Waals surface area contributed by atoms with E-state index in [1.165, 1.54) is 0 Å². The lowest BCUT2D eigenvalue weighted by molar-refractivity contribution is 0.0904. The highest BCUT2D eigenvalue weighted by Crippen LogP contribution is 2.32. The van der Waals surface area contributed by atoms with E-state index in [2.05, 4.69) is 36.6 Å². The van der Waals surface area contributed by atoms with Crippen LogP contribution in [-0.4, -0.2) is 22.1 Å². The number of rotatable bonds is 4. The first kappa shape index (κ1) is 14.5. The van der Waals surface area contributed by atoms with Crippen molar-refractivity contribution < 1.29 is 9.90 Å². The first-order chi connectivity index (χ1) is 10.6. The molecule has 1 N–H and O–H groups in total. The standard InChI is InChI=1S/C19H19NO2/c1-13(2)20-17(14-6-4-3-5-7-14)10-15-8-9-16(11-18(15)20)19(22)12-21/h3-11,13,21H,12H2,1-2H3. The van der Waals surface area contributed by atoms with E-state index in [0.717, 1.165) is 22.2 Å². The van der Waals surface area contributed by atoms with Crippen molar-refractivity contribution in [3.8, 4) is 11.3 Å². The highest BCUT2D eigenvalue weighted by atomic mass is 16.3. The molecule has 0 saturated carbocycles. The maximum Gasteiger partial charge on any atom is 0.188 e. The van der Waals surface area contributed by atoms with Gasteiger partial charge in [0.05, 0.1) is 0 Å². The summed E-state index contributed by atoms with van der Waals surface area (Å²) in [5.74, 6) is -0.250. The number of aliphatic hydroxyl groups excluding tert-OH is 1. The minimum Gasteiger partial charge on any atom is -0.388 e. The molecule has 3 aromatic rings. The van der Waals surface area contributed by atoms with E-state index < -0.39 is 6.61 Å². The summed E-state index contributed by atoms with van der Waals surface area (Å²) in [5.41, 5.74) is 3.87. The number of carbonyl (C=O) groups is 1. The number of benzene rings is 2. The van der Waals surface area contributed by atoms with Crippen LogP contribution in [0.4, 0.5) is 0 Å². The first-order valence-corrected chi connectivity index (χ1v) is 7.46. The summed E-state index contributed by atoms with van der Waals surface area (Å²) in [7, 11) is 0. The summed E-state index contributed by atoms with van der Waals surface area (Å²) < 4.78 is 2.23. The molecule has 2 aromatic carbocycles. The third-order valence-corrected chi connectivity index (χ3v) is 3.89. The smallest absolute Gasteiger partial charge is 0.188 e. The quantitative estimate of drug-likeness (QED) is 0.737. The van der Waals surface area contributed by atoms with Crippen LogP contribution in [0.15, 0.2) is 54.6 Å². The monoisotopic (exact) mass is 293 g/mol. The van der Waals surface area contributed by atoms with Gasteiger partial charge < -0.3 is 9.67 Å². The summed E-state index contributed by atoms with van der Waals surface area (Å²) in [5, 5.41) is 10.2. The van der Waals surface area contributed by atoms with Crippen molar-refractivity contribution in [2.75, 3.05) is 6.61 Å². The van der Waals surface area contributed by atoms with Crippen LogP contribution in [0.2, 0.25) is 0 Å². The molecular formula is C19H19NO2. The van der Waals surface area contributed by atoms with E-state index in [-0.39, 0.29) is 11.8 Å². The van der Waals surface area contributed by atoms with Crippen LogP contribution in [0, 0.1) is 0 Å². The van der Waals surface area contributed by atoms with Crippen molar-refractivity contribution in [1.29, 1.82) is 0 Å². The summed E-state index contributed by atoms with van der Waals surface area (Å²) >= 11 is 0. The highest BCUT2D eigenvalue weighted by molar-refractivity contribution is 6.01. The van der Waals surface area contributed by atoms with E-state index in [9.17, 15) is 4.79 Å². The van der Waals surface area contributed by atoms with Gasteiger partial charge in [0.15, 0.2) is 5.78 Å². The second kappa shape index (κ2) is 5.78. The van der Waals surface area contributed by atoms with Gasteiger partial charge in [-0.05, 0) is 31.5 Å². The van der Waals surface area contributed by atoms with Gasteiger partial charge in [-0.15, -0.1) is 0 Å². The molecule has 0 aliphatic rings. The number of hydrogen-bond donors (Lipinski definition) is 1. The van der Waals surface area contributed by atoms with Gasteiger partial charge in [-0.3, -0.25) is 4.79 Å². The molecule has 0 amide bonds. The maximum absolute atomic E-state index is 11.8. The Kier molecular flexibility index (Phi) is 3.82. The molecule has 0 bridgehead atoms. The van der Waals surface area contributed by atoms with E-state index in [4.69, 9.17) is 5.11 Å². The molecule has 1 aromatic heterocycles. The van der Waals surface area contributed by atoms with Crippen molar-refractivity contribution in [3.63, 3.8) is 0 Å². The maximum atomic E-state index is 11.8. The summed E-state index contributed by atoms with van der Waals surface area (Å²) in [6.45, 7) is 3.80. The number of Topliss-reactive ketones (excluding diaryl/α,β-unsaturated/α-hetero) is 1. The van der Waals surface area contributed by atoms with Crippen molar-refractivity contribution in [1.82, 2.24) is 4.57 Å². The molecule has 0 atom stereocenters. The summed E-state index contributed by atoms with van der Waals surface area (Å²) in [6, 6.07) is 18.3. The average molecular weight is 293 g/mol. The van der Waals surface area contributed by atoms with Crippen molar-refractivity contribution in [2.24, 2.45) is 0 Å². The molecule has 0 saturated heterocycles. The van der Waals surface area contributed by atoms with Crippen molar-refractivity contribution >= 4 is 16.7 Å². The number of fused-ring (bicyclic) bond motifs is 1. The lowest BCUT2D eigenvalue weighted by Gasteiger charge is -2.15. The fourth-order valence-electron chi connectivity index (χ4n) is 2.87. The molecular weight excluding hydrogens is 274 g/mol. The molecule has 0 aliphatic carbocycles. The molecule has 3 rings (SSSR count). The number of aromatic nitrogens is 1.